The second kappa shape index (κ2) is 12.8. The minimum atomic E-state index is -3.54. The molecule has 0 radical (unpaired) electrons. The molecule has 2 aromatic carbocycles. The van der Waals surface area contributed by atoms with E-state index in [0.717, 1.165) is 18.2 Å². The molecule has 0 aromatic heterocycles. The zero-order chi connectivity index (χ0) is 25.3. The van der Waals surface area contributed by atoms with E-state index in [0.29, 0.717) is 23.7 Å². The van der Waals surface area contributed by atoms with Crippen molar-refractivity contribution in [3.8, 4) is 0 Å². The van der Waals surface area contributed by atoms with Gasteiger partial charge in [0.25, 0.3) is 0 Å². The van der Waals surface area contributed by atoms with Gasteiger partial charge in [0.1, 0.15) is 6.04 Å². The van der Waals surface area contributed by atoms with Gasteiger partial charge in [-0.15, -0.1) is 0 Å². The van der Waals surface area contributed by atoms with Crippen LogP contribution in [0.2, 0.25) is 5.02 Å². The summed E-state index contributed by atoms with van der Waals surface area (Å²) in [7, 11) is -3.54. The summed E-state index contributed by atoms with van der Waals surface area (Å²) in [5.41, 5.74) is 1.40. The number of carbonyl (C=O) groups is 2. The van der Waals surface area contributed by atoms with E-state index in [1.165, 1.54) is 4.31 Å². The van der Waals surface area contributed by atoms with Gasteiger partial charge in [0.05, 0.1) is 11.9 Å². The van der Waals surface area contributed by atoms with Crippen LogP contribution in [-0.2, 0) is 26.2 Å². The Morgan fingerprint density at radius 3 is 2.21 bits per heavy atom. The molecule has 186 valence electrons. The molecule has 2 rings (SSSR count). The van der Waals surface area contributed by atoms with Crippen LogP contribution < -0.4 is 9.62 Å². The lowest BCUT2D eigenvalue weighted by Gasteiger charge is -2.30. The van der Waals surface area contributed by atoms with E-state index in [1.54, 1.807) is 36.1 Å². The number of hydrogen-bond donors (Lipinski definition) is 1. The van der Waals surface area contributed by atoms with Gasteiger partial charge in [0.2, 0.25) is 21.8 Å². The fourth-order valence-corrected chi connectivity index (χ4v) is 4.53. The normalized spacial score (nSPS) is 13.1. The maximum atomic E-state index is 13.2. The van der Waals surface area contributed by atoms with Crippen LogP contribution in [0.3, 0.4) is 0 Å². The van der Waals surface area contributed by atoms with Crippen LogP contribution in [0.15, 0.2) is 54.6 Å². The van der Waals surface area contributed by atoms with Gasteiger partial charge in [-0.25, -0.2) is 8.42 Å². The Labute approximate surface area is 208 Å². The lowest BCUT2D eigenvalue weighted by molar-refractivity contribution is -0.140. The number of nitrogens with zero attached hydrogens (tertiary/aromatic N) is 2. The molecule has 0 fully saturated rings. The molecule has 2 atom stereocenters. The van der Waals surface area contributed by atoms with Crippen LogP contribution >= 0.6 is 11.6 Å². The highest BCUT2D eigenvalue weighted by molar-refractivity contribution is 7.92. The SMILES string of the molecule is CC[C@H](C)NC(=O)[C@@H](C)N(Cc1ccccc1)C(=O)CCCN(c1ccc(Cl)cc1)S(C)(=O)=O. The Bertz CT molecular complexity index is 1050. The molecule has 0 saturated heterocycles. The van der Waals surface area contributed by atoms with Crippen LogP contribution in [0, 0.1) is 0 Å². The first-order chi connectivity index (χ1) is 16.0. The molecule has 0 heterocycles. The third-order valence-corrected chi connectivity index (χ3v) is 7.08. The first kappa shape index (κ1) is 27.7. The van der Waals surface area contributed by atoms with Gasteiger partial charge in [0, 0.05) is 30.6 Å². The molecule has 0 spiro atoms. The number of anilines is 1. The number of benzene rings is 2. The summed E-state index contributed by atoms with van der Waals surface area (Å²) in [6, 6.07) is 15.3. The second-order valence-corrected chi connectivity index (χ2v) is 10.8. The van der Waals surface area contributed by atoms with E-state index >= 15 is 0 Å². The fraction of sp³-hybridized carbons (Fsp3) is 0.440. The van der Waals surface area contributed by atoms with Gasteiger partial charge in [-0.3, -0.25) is 13.9 Å². The van der Waals surface area contributed by atoms with Gasteiger partial charge in [0.15, 0.2) is 0 Å². The molecule has 9 heteroatoms. The van der Waals surface area contributed by atoms with Crippen molar-refractivity contribution in [3.63, 3.8) is 0 Å². The third-order valence-electron chi connectivity index (χ3n) is 5.63. The van der Waals surface area contributed by atoms with Crippen molar-refractivity contribution in [3.05, 3.63) is 65.2 Å². The van der Waals surface area contributed by atoms with E-state index < -0.39 is 16.1 Å². The minimum Gasteiger partial charge on any atom is -0.352 e. The standard InChI is InChI=1S/C25H34ClN3O4S/c1-5-19(2)27-25(31)20(3)28(18-21-10-7-6-8-11-21)24(30)12-9-17-29(34(4,32)33)23-15-13-22(26)14-16-23/h6-8,10-11,13-16,19-20H,5,9,12,17-18H2,1-4H3,(H,27,31)/t19-,20+/m0/s1. The smallest absolute Gasteiger partial charge is 0.242 e. The Hall–Kier alpha value is -2.58. The van der Waals surface area contributed by atoms with Crippen molar-refractivity contribution >= 4 is 39.1 Å². The average Bonchev–Trinajstić information content (AvgIpc) is 2.80. The van der Waals surface area contributed by atoms with E-state index in [4.69, 9.17) is 11.6 Å². The number of carbonyl (C=O) groups excluding carboxylic acids is 2. The molecular weight excluding hydrogens is 474 g/mol. The Morgan fingerprint density at radius 1 is 1.03 bits per heavy atom. The molecule has 2 amide bonds. The lowest BCUT2D eigenvalue weighted by Crippen LogP contribution is -2.49. The quantitative estimate of drug-likeness (QED) is 0.466. The maximum Gasteiger partial charge on any atom is 0.242 e. The summed E-state index contributed by atoms with van der Waals surface area (Å²) in [4.78, 5) is 27.5. The molecule has 1 N–H and O–H groups in total. The summed E-state index contributed by atoms with van der Waals surface area (Å²) in [5.74, 6) is -0.419. The van der Waals surface area contributed by atoms with E-state index in [9.17, 15) is 18.0 Å². The Morgan fingerprint density at radius 2 is 1.65 bits per heavy atom. The number of rotatable bonds is 12. The van der Waals surface area contributed by atoms with Gasteiger partial charge in [-0.05, 0) is 56.5 Å². The predicted octanol–water partition coefficient (Wildman–Crippen LogP) is 4.22. The van der Waals surface area contributed by atoms with Gasteiger partial charge in [-0.2, -0.15) is 0 Å². The summed E-state index contributed by atoms with van der Waals surface area (Å²) in [6.45, 7) is 6.05. The topological polar surface area (TPSA) is 86.8 Å². The van der Waals surface area contributed by atoms with Crippen molar-refractivity contribution in [2.24, 2.45) is 0 Å². The van der Waals surface area contributed by atoms with Crippen LogP contribution in [-0.4, -0.2) is 50.0 Å². The van der Waals surface area contributed by atoms with Crippen LogP contribution in [0.4, 0.5) is 5.69 Å². The summed E-state index contributed by atoms with van der Waals surface area (Å²) in [6.07, 6.45) is 2.33. The van der Waals surface area contributed by atoms with Crippen molar-refractivity contribution < 1.29 is 18.0 Å². The average molecular weight is 508 g/mol. The predicted molar refractivity (Wildman–Crippen MR) is 137 cm³/mol. The largest absolute Gasteiger partial charge is 0.352 e. The number of amides is 2. The summed E-state index contributed by atoms with van der Waals surface area (Å²) >= 11 is 5.92. The second-order valence-electron chi connectivity index (χ2n) is 8.42. The Balaban J connectivity index is 2.13. The monoisotopic (exact) mass is 507 g/mol. The summed E-state index contributed by atoms with van der Waals surface area (Å²) < 4.78 is 25.9. The minimum absolute atomic E-state index is 0.00585. The number of sulfonamides is 1. The van der Waals surface area contributed by atoms with Crippen LogP contribution in [0.1, 0.15) is 45.6 Å². The number of hydrogen-bond acceptors (Lipinski definition) is 4. The molecular formula is C25H34ClN3O4S. The van der Waals surface area contributed by atoms with Crippen molar-refractivity contribution in [1.29, 1.82) is 0 Å². The van der Waals surface area contributed by atoms with E-state index in [1.807, 2.05) is 44.2 Å². The highest BCUT2D eigenvalue weighted by Gasteiger charge is 2.27. The first-order valence-corrected chi connectivity index (χ1v) is 13.6. The van der Waals surface area contributed by atoms with Crippen LogP contribution in [0.25, 0.3) is 0 Å². The van der Waals surface area contributed by atoms with Crippen molar-refractivity contribution in [2.75, 3.05) is 17.1 Å². The van der Waals surface area contributed by atoms with E-state index in [2.05, 4.69) is 5.32 Å². The number of halogens is 1. The first-order valence-electron chi connectivity index (χ1n) is 11.4. The zero-order valence-corrected chi connectivity index (χ0v) is 21.8. The van der Waals surface area contributed by atoms with Gasteiger partial charge >= 0.3 is 0 Å². The molecule has 2 aromatic rings. The Kier molecular flexibility index (Phi) is 10.4. The highest BCUT2D eigenvalue weighted by Crippen LogP contribution is 2.21. The fourth-order valence-electron chi connectivity index (χ4n) is 3.44. The molecule has 7 nitrogen and oxygen atoms in total. The molecule has 0 unspecified atom stereocenters. The van der Waals surface area contributed by atoms with Crippen molar-refractivity contribution in [2.45, 2.75) is 58.7 Å². The molecule has 0 bridgehead atoms. The zero-order valence-electron chi connectivity index (χ0n) is 20.2. The van der Waals surface area contributed by atoms with Gasteiger partial charge in [-0.1, -0.05) is 48.9 Å². The molecule has 0 aliphatic carbocycles. The number of nitrogens with one attached hydrogen (secondary N) is 1. The molecule has 0 saturated carbocycles. The molecule has 34 heavy (non-hydrogen) atoms. The third kappa shape index (κ3) is 8.33. The van der Waals surface area contributed by atoms with E-state index in [-0.39, 0.29) is 30.8 Å². The molecule has 0 aliphatic rings. The lowest BCUT2D eigenvalue weighted by atomic mass is 10.1. The maximum absolute atomic E-state index is 13.2. The highest BCUT2D eigenvalue weighted by atomic mass is 35.5. The summed E-state index contributed by atoms with van der Waals surface area (Å²) in [5, 5.41) is 3.45. The van der Waals surface area contributed by atoms with Crippen LogP contribution in [0.5, 0.6) is 0 Å². The van der Waals surface area contributed by atoms with Gasteiger partial charge < -0.3 is 10.2 Å². The van der Waals surface area contributed by atoms with Crippen molar-refractivity contribution in [1.82, 2.24) is 10.2 Å². The molecule has 0 aliphatic heterocycles.